The van der Waals surface area contributed by atoms with Crippen LogP contribution in [0.25, 0.3) is 22.3 Å². The summed E-state index contributed by atoms with van der Waals surface area (Å²) in [6.07, 6.45) is -3.11. The fraction of sp³-hybridized carbons (Fsp3) is 0.0952. The monoisotopic (exact) mass is 430 g/mol. The molecular formula is C21H14ClF3N4O. The number of aryl methyl sites for hydroxylation is 1. The number of rotatable bonds is 3. The van der Waals surface area contributed by atoms with Gasteiger partial charge in [0, 0.05) is 23.3 Å². The first-order valence-corrected chi connectivity index (χ1v) is 9.18. The van der Waals surface area contributed by atoms with E-state index in [-0.39, 0.29) is 16.8 Å². The minimum Gasteiger partial charge on any atom is -0.322 e. The number of carbonyl (C=O) groups is 1. The van der Waals surface area contributed by atoms with Crippen molar-refractivity contribution in [2.75, 3.05) is 5.32 Å². The third-order valence-corrected chi connectivity index (χ3v) is 4.81. The zero-order valence-corrected chi connectivity index (χ0v) is 16.3. The topological polar surface area (TPSA) is 59.8 Å². The maximum Gasteiger partial charge on any atom is 0.417 e. The molecule has 2 aromatic carbocycles. The molecule has 1 amide bonds. The van der Waals surface area contributed by atoms with E-state index in [2.05, 4.69) is 15.4 Å². The standard InChI is InChI=1S/C21H14ClF3N4O/c1-29-19-16(11-26-29)15(20(30)27-13-8-6-12(22)7-9-13)10-18(28-19)14-4-2-3-5-17(14)21(23,24)25/h2-11H,1H3,(H,27,30). The van der Waals surface area contributed by atoms with E-state index >= 15 is 0 Å². The smallest absolute Gasteiger partial charge is 0.322 e. The number of pyridine rings is 1. The van der Waals surface area contributed by atoms with E-state index in [9.17, 15) is 18.0 Å². The lowest BCUT2D eigenvalue weighted by molar-refractivity contribution is -0.137. The highest BCUT2D eigenvalue weighted by Crippen LogP contribution is 2.37. The summed E-state index contributed by atoms with van der Waals surface area (Å²) in [4.78, 5) is 17.3. The summed E-state index contributed by atoms with van der Waals surface area (Å²) >= 11 is 5.86. The van der Waals surface area contributed by atoms with Gasteiger partial charge >= 0.3 is 6.18 Å². The number of fused-ring (bicyclic) bond motifs is 1. The quantitative estimate of drug-likeness (QED) is 0.463. The first-order valence-electron chi connectivity index (χ1n) is 8.80. The van der Waals surface area contributed by atoms with Crippen molar-refractivity contribution in [3.05, 3.63) is 76.9 Å². The minimum atomic E-state index is -4.56. The van der Waals surface area contributed by atoms with Crippen LogP contribution in [0.5, 0.6) is 0 Å². The van der Waals surface area contributed by atoms with Gasteiger partial charge in [-0.1, -0.05) is 29.8 Å². The Morgan fingerprint density at radius 1 is 1.10 bits per heavy atom. The van der Waals surface area contributed by atoms with Crippen LogP contribution in [0.15, 0.2) is 60.8 Å². The van der Waals surface area contributed by atoms with Crippen LogP contribution in [0.2, 0.25) is 5.02 Å². The summed E-state index contributed by atoms with van der Waals surface area (Å²) in [5.41, 5.74) is 0.0354. The highest BCUT2D eigenvalue weighted by Gasteiger charge is 2.34. The van der Waals surface area contributed by atoms with Crippen molar-refractivity contribution in [3.63, 3.8) is 0 Å². The van der Waals surface area contributed by atoms with Crippen molar-refractivity contribution in [2.24, 2.45) is 7.05 Å². The van der Waals surface area contributed by atoms with Gasteiger partial charge in [-0.2, -0.15) is 18.3 Å². The molecule has 0 spiro atoms. The van der Waals surface area contributed by atoms with E-state index in [1.54, 1.807) is 31.3 Å². The van der Waals surface area contributed by atoms with Crippen LogP contribution in [-0.2, 0) is 13.2 Å². The van der Waals surface area contributed by atoms with Crippen LogP contribution >= 0.6 is 11.6 Å². The zero-order chi connectivity index (χ0) is 21.5. The van der Waals surface area contributed by atoms with Gasteiger partial charge in [-0.25, -0.2) is 4.98 Å². The number of halogens is 4. The average Bonchev–Trinajstić information content (AvgIpc) is 3.09. The Labute approximate surface area is 174 Å². The van der Waals surface area contributed by atoms with Crippen LogP contribution < -0.4 is 5.32 Å². The Morgan fingerprint density at radius 3 is 2.50 bits per heavy atom. The lowest BCUT2D eigenvalue weighted by atomic mass is 10.0. The van der Waals surface area contributed by atoms with Gasteiger partial charge in [-0.15, -0.1) is 0 Å². The van der Waals surface area contributed by atoms with Crippen LogP contribution in [0.1, 0.15) is 15.9 Å². The molecular weight excluding hydrogens is 417 g/mol. The van der Waals surface area contributed by atoms with Crippen LogP contribution in [0.4, 0.5) is 18.9 Å². The second-order valence-electron chi connectivity index (χ2n) is 6.56. The van der Waals surface area contributed by atoms with E-state index in [1.165, 1.54) is 35.1 Å². The van der Waals surface area contributed by atoms with E-state index < -0.39 is 17.6 Å². The maximum atomic E-state index is 13.5. The minimum absolute atomic E-state index is 0.0280. The zero-order valence-electron chi connectivity index (χ0n) is 15.5. The first kappa shape index (κ1) is 19.9. The van der Waals surface area contributed by atoms with Crippen LogP contribution in [-0.4, -0.2) is 20.7 Å². The molecule has 0 aliphatic heterocycles. The molecule has 0 saturated carbocycles. The number of nitrogens with zero attached hydrogens (tertiary/aromatic N) is 3. The lowest BCUT2D eigenvalue weighted by Gasteiger charge is -2.14. The van der Waals surface area contributed by atoms with Gasteiger partial charge in [0.1, 0.15) is 0 Å². The normalized spacial score (nSPS) is 11.6. The summed E-state index contributed by atoms with van der Waals surface area (Å²) in [7, 11) is 1.61. The Kier molecular flexibility index (Phi) is 4.95. The molecule has 2 heterocycles. The number of anilines is 1. The molecule has 30 heavy (non-hydrogen) atoms. The Hall–Kier alpha value is -3.39. The molecule has 0 saturated heterocycles. The van der Waals surface area contributed by atoms with Gasteiger partial charge in [-0.05, 0) is 36.4 Å². The number of hydrogen-bond donors (Lipinski definition) is 1. The predicted molar refractivity (Wildman–Crippen MR) is 108 cm³/mol. The molecule has 0 unspecified atom stereocenters. The van der Waals surface area contributed by atoms with Crippen molar-refractivity contribution in [1.82, 2.24) is 14.8 Å². The number of nitrogens with one attached hydrogen (secondary N) is 1. The summed E-state index contributed by atoms with van der Waals surface area (Å²) < 4.78 is 41.9. The molecule has 4 rings (SSSR count). The SMILES string of the molecule is Cn1ncc2c(C(=O)Nc3ccc(Cl)cc3)cc(-c3ccccc3C(F)(F)F)nc21. The molecule has 0 radical (unpaired) electrons. The Bertz CT molecular complexity index is 1250. The van der Waals surface area contributed by atoms with Crippen molar-refractivity contribution < 1.29 is 18.0 Å². The first-order chi connectivity index (χ1) is 14.2. The van der Waals surface area contributed by atoms with Crippen molar-refractivity contribution in [2.45, 2.75) is 6.18 Å². The number of benzene rings is 2. The summed E-state index contributed by atoms with van der Waals surface area (Å²) in [6.45, 7) is 0. The molecule has 152 valence electrons. The molecule has 0 aliphatic carbocycles. The maximum absolute atomic E-state index is 13.5. The second-order valence-corrected chi connectivity index (χ2v) is 7.00. The molecule has 0 bridgehead atoms. The summed E-state index contributed by atoms with van der Waals surface area (Å²) in [6, 6.07) is 13.0. The van der Waals surface area contributed by atoms with E-state index in [1.807, 2.05) is 0 Å². The summed E-state index contributed by atoms with van der Waals surface area (Å²) in [5.74, 6) is -0.497. The highest BCUT2D eigenvalue weighted by atomic mass is 35.5. The van der Waals surface area contributed by atoms with Gasteiger partial charge in [0.2, 0.25) is 0 Å². The largest absolute Gasteiger partial charge is 0.417 e. The van der Waals surface area contributed by atoms with Crippen molar-refractivity contribution in [3.8, 4) is 11.3 Å². The Balaban J connectivity index is 1.86. The van der Waals surface area contributed by atoms with Crippen molar-refractivity contribution in [1.29, 1.82) is 0 Å². The van der Waals surface area contributed by atoms with E-state index in [0.717, 1.165) is 6.07 Å². The van der Waals surface area contributed by atoms with Gasteiger partial charge in [-0.3, -0.25) is 9.48 Å². The van der Waals surface area contributed by atoms with Gasteiger partial charge in [0.25, 0.3) is 5.91 Å². The van der Waals surface area contributed by atoms with Gasteiger partial charge in [0.15, 0.2) is 5.65 Å². The number of carbonyl (C=O) groups excluding carboxylic acids is 1. The predicted octanol–water partition coefficient (Wildman–Crippen LogP) is 5.56. The second kappa shape index (κ2) is 7.46. The van der Waals surface area contributed by atoms with E-state index in [4.69, 9.17) is 11.6 Å². The molecule has 0 aliphatic rings. The number of amides is 1. The Morgan fingerprint density at radius 2 is 1.80 bits per heavy atom. The van der Waals surface area contributed by atoms with Crippen LogP contribution in [0, 0.1) is 0 Å². The molecule has 4 aromatic rings. The highest BCUT2D eigenvalue weighted by molar-refractivity contribution is 6.30. The molecule has 5 nitrogen and oxygen atoms in total. The lowest BCUT2D eigenvalue weighted by Crippen LogP contribution is -2.13. The number of aromatic nitrogens is 3. The molecule has 0 atom stereocenters. The number of hydrogen-bond acceptors (Lipinski definition) is 3. The molecule has 0 fully saturated rings. The fourth-order valence-electron chi connectivity index (χ4n) is 3.13. The van der Waals surface area contributed by atoms with E-state index in [0.29, 0.717) is 21.7 Å². The van der Waals surface area contributed by atoms with Gasteiger partial charge in [0.05, 0.1) is 28.4 Å². The van der Waals surface area contributed by atoms with Gasteiger partial charge < -0.3 is 5.32 Å². The third kappa shape index (κ3) is 3.73. The molecule has 2 aromatic heterocycles. The van der Waals surface area contributed by atoms with Crippen LogP contribution in [0.3, 0.4) is 0 Å². The average molecular weight is 431 g/mol. The summed E-state index contributed by atoms with van der Waals surface area (Å²) in [5, 5.41) is 7.76. The molecule has 9 heteroatoms. The third-order valence-electron chi connectivity index (χ3n) is 4.56. The van der Waals surface area contributed by atoms with Crippen molar-refractivity contribution >= 4 is 34.2 Å². The molecule has 1 N–H and O–H groups in total. The number of alkyl halides is 3. The fourth-order valence-corrected chi connectivity index (χ4v) is 3.25.